The summed E-state index contributed by atoms with van der Waals surface area (Å²) in [6.45, 7) is 9.10. The van der Waals surface area contributed by atoms with E-state index in [0.29, 0.717) is 47.4 Å². The molecule has 1 aromatic heterocycles. The SMILES string of the molecule is Cc1nn(Cc2ccc(C(=O)N3CCC(C)CC3)cc2)c(C)c1S(=O)(=O)N1CCCCC1. The summed E-state index contributed by atoms with van der Waals surface area (Å²) >= 11 is 0. The van der Waals surface area contributed by atoms with Crippen molar-refractivity contribution < 1.29 is 13.2 Å². The summed E-state index contributed by atoms with van der Waals surface area (Å²) in [6, 6.07) is 7.61. The van der Waals surface area contributed by atoms with Crippen LogP contribution in [0, 0.1) is 19.8 Å². The molecule has 0 saturated carbocycles. The molecule has 0 unspecified atom stereocenters. The zero-order valence-electron chi connectivity index (χ0n) is 19.4. The van der Waals surface area contributed by atoms with Crippen molar-refractivity contribution in [3.8, 4) is 0 Å². The molecule has 2 aliphatic rings. The molecule has 0 bridgehead atoms. The van der Waals surface area contributed by atoms with Crippen molar-refractivity contribution in [2.45, 2.75) is 64.3 Å². The molecule has 0 atom stereocenters. The largest absolute Gasteiger partial charge is 0.339 e. The maximum Gasteiger partial charge on any atom is 0.253 e. The number of benzene rings is 1. The quantitative estimate of drug-likeness (QED) is 0.686. The molecule has 0 aliphatic carbocycles. The minimum absolute atomic E-state index is 0.0875. The topological polar surface area (TPSA) is 75.5 Å². The first kappa shape index (κ1) is 23.0. The lowest BCUT2D eigenvalue weighted by molar-refractivity contribution is 0.0697. The first-order chi connectivity index (χ1) is 15.3. The van der Waals surface area contributed by atoms with Gasteiger partial charge in [-0.15, -0.1) is 0 Å². The van der Waals surface area contributed by atoms with Crippen molar-refractivity contribution in [3.05, 3.63) is 46.8 Å². The van der Waals surface area contributed by atoms with Crippen LogP contribution >= 0.6 is 0 Å². The Kier molecular flexibility index (Phi) is 6.72. The van der Waals surface area contributed by atoms with E-state index < -0.39 is 10.0 Å². The molecule has 2 saturated heterocycles. The van der Waals surface area contributed by atoms with Crippen molar-refractivity contribution in [2.24, 2.45) is 5.92 Å². The Labute approximate surface area is 191 Å². The number of likely N-dealkylation sites (tertiary alicyclic amines) is 1. The van der Waals surface area contributed by atoms with E-state index in [9.17, 15) is 13.2 Å². The zero-order valence-corrected chi connectivity index (χ0v) is 20.2. The molecule has 1 amide bonds. The van der Waals surface area contributed by atoms with Gasteiger partial charge in [-0.05, 0) is 63.1 Å². The van der Waals surface area contributed by atoms with Crippen molar-refractivity contribution in [1.29, 1.82) is 0 Å². The Balaban J connectivity index is 1.49. The average Bonchev–Trinajstić information content (AvgIpc) is 3.08. The first-order valence-electron chi connectivity index (χ1n) is 11.7. The molecule has 2 fully saturated rings. The molecule has 32 heavy (non-hydrogen) atoms. The summed E-state index contributed by atoms with van der Waals surface area (Å²) in [5.74, 6) is 0.773. The van der Waals surface area contributed by atoms with Gasteiger partial charge >= 0.3 is 0 Å². The highest BCUT2D eigenvalue weighted by Gasteiger charge is 2.31. The van der Waals surface area contributed by atoms with Gasteiger partial charge in [0.15, 0.2) is 0 Å². The van der Waals surface area contributed by atoms with Gasteiger partial charge in [0.1, 0.15) is 4.90 Å². The third kappa shape index (κ3) is 4.62. The van der Waals surface area contributed by atoms with E-state index in [0.717, 1.165) is 50.8 Å². The molecule has 0 N–H and O–H groups in total. The van der Waals surface area contributed by atoms with E-state index >= 15 is 0 Å². The Hall–Kier alpha value is -2.19. The van der Waals surface area contributed by atoms with Gasteiger partial charge in [-0.3, -0.25) is 9.48 Å². The number of nitrogens with zero attached hydrogens (tertiary/aromatic N) is 4. The number of hydrogen-bond acceptors (Lipinski definition) is 4. The van der Waals surface area contributed by atoms with Gasteiger partial charge in [-0.1, -0.05) is 25.5 Å². The van der Waals surface area contributed by atoms with E-state index in [1.54, 1.807) is 15.9 Å². The van der Waals surface area contributed by atoms with Crippen LogP contribution in [0.4, 0.5) is 0 Å². The number of amides is 1. The van der Waals surface area contributed by atoms with Crippen LogP contribution in [-0.2, 0) is 16.6 Å². The molecule has 7 nitrogen and oxygen atoms in total. The number of aryl methyl sites for hydroxylation is 1. The fourth-order valence-corrected chi connectivity index (χ4v) is 6.65. The summed E-state index contributed by atoms with van der Waals surface area (Å²) in [6.07, 6.45) is 5.02. The van der Waals surface area contributed by atoms with Crippen LogP contribution in [0.15, 0.2) is 29.2 Å². The third-order valence-corrected chi connectivity index (χ3v) is 8.98. The molecule has 4 rings (SSSR count). The molecular formula is C24H34N4O3S. The van der Waals surface area contributed by atoms with Gasteiger partial charge in [-0.2, -0.15) is 9.40 Å². The minimum atomic E-state index is -3.53. The van der Waals surface area contributed by atoms with E-state index in [2.05, 4.69) is 12.0 Å². The van der Waals surface area contributed by atoms with E-state index in [-0.39, 0.29) is 5.91 Å². The van der Waals surface area contributed by atoms with Gasteiger partial charge in [0.25, 0.3) is 5.91 Å². The van der Waals surface area contributed by atoms with Crippen LogP contribution in [0.1, 0.15) is 66.3 Å². The van der Waals surface area contributed by atoms with Crippen LogP contribution in [-0.4, -0.2) is 59.5 Å². The van der Waals surface area contributed by atoms with Crippen molar-refractivity contribution in [3.63, 3.8) is 0 Å². The van der Waals surface area contributed by atoms with E-state index in [1.807, 2.05) is 36.1 Å². The molecule has 8 heteroatoms. The fraction of sp³-hybridized carbons (Fsp3) is 0.583. The normalized spacial score (nSPS) is 18.8. The second kappa shape index (κ2) is 9.35. The zero-order chi connectivity index (χ0) is 22.9. The van der Waals surface area contributed by atoms with Gasteiger partial charge in [0, 0.05) is 31.7 Å². The lowest BCUT2D eigenvalue weighted by atomic mass is 9.98. The van der Waals surface area contributed by atoms with Gasteiger partial charge < -0.3 is 4.90 Å². The Morgan fingerprint density at radius 2 is 1.62 bits per heavy atom. The number of hydrogen-bond donors (Lipinski definition) is 0. The summed E-state index contributed by atoms with van der Waals surface area (Å²) in [4.78, 5) is 15.1. The summed E-state index contributed by atoms with van der Waals surface area (Å²) in [5, 5.41) is 4.54. The van der Waals surface area contributed by atoms with E-state index in [4.69, 9.17) is 0 Å². The molecule has 1 aromatic carbocycles. The number of piperidine rings is 2. The molecule has 3 heterocycles. The number of aromatic nitrogens is 2. The molecule has 2 aromatic rings. The Morgan fingerprint density at radius 3 is 2.25 bits per heavy atom. The molecular weight excluding hydrogens is 424 g/mol. The van der Waals surface area contributed by atoms with Gasteiger partial charge in [0.05, 0.1) is 17.9 Å². The van der Waals surface area contributed by atoms with Crippen LogP contribution in [0.3, 0.4) is 0 Å². The smallest absolute Gasteiger partial charge is 0.253 e. The second-order valence-electron chi connectivity index (χ2n) is 9.29. The van der Waals surface area contributed by atoms with Crippen LogP contribution < -0.4 is 0 Å². The number of rotatable bonds is 5. The highest BCUT2D eigenvalue weighted by atomic mass is 32.2. The fourth-order valence-electron chi connectivity index (χ4n) is 4.76. The van der Waals surface area contributed by atoms with Crippen molar-refractivity contribution in [2.75, 3.05) is 26.2 Å². The predicted molar refractivity (Wildman–Crippen MR) is 124 cm³/mol. The molecule has 2 aliphatic heterocycles. The molecule has 0 radical (unpaired) electrons. The third-order valence-electron chi connectivity index (χ3n) is 6.83. The van der Waals surface area contributed by atoms with Gasteiger partial charge in [0.2, 0.25) is 10.0 Å². The van der Waals surface area contributed by atoms with E-state index in [1.165, 1.54) is 0 Å². The highest BCUT2D eigenvalue weighted by molar-refractivity contribution is 7.89. The Bertz CT molecular complexity index is 1060. The number of carbonyl (C=O) groups excluding carboxylic acids is 1. The number of sulfonamides is 1. The maximum atomic E-state index is 13.2. The standard InChI is InChI=1S/C24H34N4O3S/c1-18-11-15-26(16-12-18)24(29)22-9-7-21(8-10-22)17-28-20(3)23(19(2)25-28)32(30,31)27-13-5-4-6-14-27/h7-10,18H,4-6,11-17H2,1-3H3. The summed E-state index contributed by atoms with van der Waals surface area (Å²) in [5.41, 5.74) is 2.89. The van der Waals surface area contributed by atoms with Crippen LogP contribution in [0.5, 0.6) is 0 Å². The summed E-state index contributed by atoms with van der Waals surface area (Å²) < 4.78 is 29.8. The lowest BCUT2D eigenvalue weighted by Crippen LogP contribution is -2.37. The first-order valence-corrected chi connectivity index (χ1v) is 13.1. The van der Waals surface area contributed by atoms with Crippen LogP contribution in [0.2, 0.25) is 0 Å². The molecule has 0 spiro atoms. The summed E-state index contributed by atoms with van der Waals surface area (Å²) in [7, 11) is -3.53. The molecule has 174 valence electrons. The maximum absolute atomic E-state index is 13.2. The number of carbonyl (C=O) groups is 1. The predicted octanol–water partition coefficient (Wildman–Crippen LogP) is 3.59. The highest BCUT2D eigenvalue weighted by Crippen LogP contribution is 2.26. The lowest BCUT2D eigenvalue weighted by Gasteiger charge is -2.30. The Morgan fingerprint density at radius 1 is 1.00 bits per heavy atom. The average molecular weight is 459 g/mol. The van der Waals surface area contributed by atoms with Gasteiger partial charge in [-0.25, -0.2) is 8.42 Å². The minimum Gasteiger partial charge on any atom is -0.339 e. The second-order valence-corrected chi connectivity index (χ2v) is 11.2. The van der Waals surface area contributed by atoms with Crippen LogP contribution in [0.25, 0.3) is 0 Å². The van der Waals surface area contributed by atoms with Crippen molar-refractivity contribution >= 4 is 15.9 Å². The van der Waals surface area contributed by atoms with Crippen molar-refractivity contribution in [1.82, 2.24) is 19.0 Å². The monoisotopic (exact) mass is 458 g/mol.